The van der Waals surface area contributed by atoms with Crippen LogP contribution in [0.1, 0.15) is 47.7 Å². The maximum absolute atomic E-state index is 12.0. The van der Waals surface area contributed by atoms with Crippen molar-refractivity contribution in [1.82, 2.24) is 30.2 Å². The normalized spacial score (nSPS) is 16.9. The Labute approximate surface area is 139 Å². The first kappa shape index (κ1) is 16.0. The van der Waals surface area contributed by atoms with E-state index in [1.165, 1.54) is 18.6 Å². The molecule has 1 aliphatic rings. The first-order valence-electron chi connectivity index (χ1n) is 7.77. The molecular formula is C16H18N6O2. The van der Waals surface area contributed by atoms with E-state index < -0.39 is 0 Å². The Kier molecular flexibility index (Phi) is 4.74. The SMILES string of the molecule is CC(=O)N1CCCC1c1cncc(CNC(=O)c2cnccn2)n1. The highest BCUT2D eigenvalue weighted by atomic mass is 16.2. The van der Waals surface area contributed by atoms with Gasteiger partial charge in [-0.05, 0) is 12.8 Å². The van der Waals surface area contributed by atoms with Crippen LogP contribution in [0.25, 0.3) is 0 Å². The molecule has 1 N–H and O–H groups in total. The molecule has 2 amide bonds. The van der Waals surface area contributed by atoms with E-state index in [1.54, 1.807) is 19.3 Å². The number of hydrogen-bond donors (Lipinski definition) is 1. The molecule has 0 bridgehead atoms. The van der Waals surface area contributed by atoms with E-state index in [4.69, 9.17) is 0 Å². The average Bonchev–Trinajstić information content (AvgIpc) is 3.11. The van der Waals surface area contributed by atoms with Gasteiger partial charge in [0.05, 0.1) is 42.6 Å². The van der Waals surface area contributed by atoms with Crippen LogP contribution in [0, 0.1) is 0 Å². The predicted molar refractivity (Wildman–Crippen MR) is 84.6 cm³/mol. The van der Waals surface area contributed by atoms with Gasteiger partial charge in [-0.3, -0.25) is 24.5 Å². The molecule has 0 radical (unpaired) electrons. The zero-order valence-corrected chi connectivity index (χ0v) is 13.3. The molecule has 24 heavy (non-hydrogen) atoms. The molecule has 0 spiro atoms. The Morgan fingerprint density at radius 3 is 2.88 bits per heavy atom. The summed E-state index contributed by atoms with van der Waals surface area (Å²) in [6.07, 6.45) is 9.50. The zero-order valence-electron chi connectivity index (χ0n) is 13.3. The lowest BCUT2D eigenvalue weighted by Gasteiger charge is -2.22. The summed E-state index contributed by atoms with van der Waals surface area (Å²) in [7, 11) is 0. The Hall–Kier alpha value is -2.90. The van der Waals surface area contributed by atoms with Gasteiger partial charge in [-0.1, -0.05) is 0 Å². The van der Waals surface area contributed by atoms with Crippen LogP contribution in [-0.4, -0.2) is 43.2 Å². The van der Waals surface area contributed by atoms with E-state index in [9.17, 15) is 9.59 Å². The standard InChI is InChI=1S/C16H18N6O2/c1-11(23)22-6-2-3-15(22)13-9-18-7-12(21-13)8-20-16(24)14-10-17-4-5-19-14/h4-5,7,9-10,15H,2-3,6,8H2,1H3,(H,20,24). The number of nitrogens with one attached hydrogen (secondary N) is 1. The lowest BCUT2D eigenvalue weighted by Crippen LogP contribution is -2.29. The van der Waals surface area contributed by atoms with Crippen LogP contribution in [0.3, 0.4) is 0 Å². The second-order valence-corrected chi connectivity index (χ2v) is 5.58. The largest absolute Gasteiger partial charge is 0.345 e. The molecule has 8 heteroatoms. The van der Waals surface area contributed by atoms with E-state index in [-0.39, 0.29) is 30.1 Å². The van der Waals surface area contributed by atoms with Gasteiger partial charge < -0.3 is 10.2 Å². The van der Waals surface area contributed by atoms with Crippen molar-refractivity contribution >= 4 is 11.8 Å². The maximum atomic E-state index is 12.0. The van der Waals surface area contributed by atoms with Crippen molar-refractivity contribution in [2.45, 2.75) is 32.4 Å². The molecule has 3 heterocycles. The second-order valence-electron chi connectivity index (χ2n) is 5.58. The van der Waals surface area contributed by atoms with E-state index in [2.05, 4.69) is 25.3 Å². The second kappa shape index (κ2) is 7.12. The summed E-state index contributed by atoms with van der Waals surface area (Å²) in [6, 6.07) is -0.0364. The van der Waals surface area contributed by atoms with Crippen molar-refractivity contribution < 1.29 is 9.59 Å². The highest BCUT2D eigenvalue weighted by Crippen LogP contribution is 2.30. The number of nitrogens with zero attached hydrogens (tertiary/aromatic N) is 5. The predicted octanol–water partition coefficient (Wildman–Crippen LogP) is 0.880. The number of hydrogen-bond acceptors (Lipinski definition) is 6. The lowest BCUT2D eigenvalue weighted by atomic mass is 10.1. The minimum absolute atomic E-state index is 0.0364. The van der Waals surface area contributed by atoms with Gasteiger partial charge in [0.25, 0.3) is 5.91 Å². The van der Waals surface area contributed by atoms with E-state index in [1.807, 2.05) is 4.90 Å². The molecule has 3 rings (SSSR count). The minimum Gasteiger partial charge on any atom is -0.345 e. The summed E-state index contributed by atoms with van der Waals surface area (Å²) in [6.45, 7) is 2.55. The number of carbonyl (C=O) groups excluding carboxylic acids is 2. The molecular weight excluding hydrogens is 308 g/mol. The van der Waals surface area contributed by atoms with Crippen LogP contribution < -0.4 is 5.32 Å². The van der Waals surface area contributed by atoms with Gasteiger partial charge in [0.1, 0.15) is 5.69 Å². The van der Waals surface area contributed by atoms with Gasteiger partial charge in [0, 0.05) is 25.9 Å². The van der Waals surface area contributed by atoms with E-state index in [0.717, 1.165) is 25.1 Å². The van der Waals surface area contributed by atoms with E-state index >= 15 is 0 Å². The molecule has 124 valence electrons. The molecule has 0 saturated carbocycles. The molecule has 1 aliphatic heterocycles. The molecule has 2 aromatic rings. The van der Waals surface area contributed by atoms with Crippen molar-refractivity contribution in [2.75, 3.05) is 6.54 Å². The lowest BCUT2D eigenvalue weighted by molar-refractivity contribution is -0.129. The van der Waals surface area contributed by atoms with Gasteiger partial charge >= 0.3 is 0 Å². The number of rotatable bonds is 4. The number of amides is 2. The summed E-state index contributed by atoms with van der Waals surface area (Å²) >= 11 is 0. The molecule has 1 fully saturated rings. The smallest absolute Gasteiger partial charge is 0.271 e. The summed E-state index contributed by atoms with van der Waals surface area (Å²) in [5, 5.41) is 2.74. The highest BCUT2D eigenvalue weighted by molar-refractivity contribution is 5.91. The summed E-state index contributed by atoms with van der Waals surface area (Å²) in [5.41, 5.74) is 1.65. The molecule has 2 aromatic heterocycles. The van der Waals surface area contributed by atoms with Crippen LogP contribution in [0.2, 0.25) is 0 Å². The zero-order chi connectivity index (χ0) is 16.9. The number of carbonyl (C=O) groups is 2. The quantitative estimate of drug-likeness (QED) is 0.895. The maximum Gasteiger partial charge on any atom is 0.271 e. The van der Waals surface area contributed by atoms with Gasteiger partial charge in [-0.2, -0.15) is 0 Å². The van der Waals surface area contributed by atoms with Crippen molar-refractivity contribution in [1.29, 1.82) is 0 Å². The van der Waals surface area contributed by atoms with Crippen molar-refractivity contribution in [2.24, 2.45) is 0 Å². The molecule has 1 unspecified atom stereocenters. The van der Waals surface area contributed by atoms with Gasteiger partial charge in [0.15, 0.2) is 0 Å². The van der Waals surface area contributed by atoms with Crippen LogP contribution in [0.5, 0.6) is 0 Å². The fourth-order valence-electron chi connectivity index (χ4n) is 2.80. The summed E-state index contributed by atoms with van der Waals surface area (Å²) in [5.74, 6) is -0.276. The Morgan fingerprint density at radius 2 is 2.12 bits per heavy atom. The van der Waals surface area contributed by atoms with Crippen molar-refractivity contribution in [3.05, 3.63) is 48.1 Å². The third-order valence-electron chi connectivity index (χ3n) is 3.93. The van der Waals surface area contributed by atoms with E-state index in [0.29, 0.717) is 5.69 Å². The van der Waals surface area contributed by atoms with Crippen LogP contribution >= 0.6 is 0 Å². The van der Waals surface area contributed by atoms with Crippen LogP contribution in [-0.2, 0) is 11.3 Å². The highest BCUT2D eigenvalue weighted by Gasteiger charge is 2.29. The van der Waals surface area contributed by atoms with Crippen molar-refractivity contribution in [3.63, 3.8) is 0 Å². The third kappa shape index (κ3) is 3.53. The fourth-order valence-corrected chi connectivity index (χ4v) is 2.80. The van der Waals surface area contributed by atoms with Crippen LogP contribution in [0.4, 0.5) is 0 Å². The Morgan fingerprint density at radius 1 is 1.25 bits per heavy atom. The van der Waals surface area contributed by atoms with Gasteiger partial charge in [0.2, 0.25) is 5.91 Å². The fraction of sp³-hybridized carbons (Fsp3) is 0.375. The number of aromatic nitrogens is 4. The number of likely N-dealkylation sites (tertiary alicyclic amines) is 1. The molecule has 1 saturated heterocycles. The minimum atomic E-state index is -0.318. The summed E-state index contributed by atoms with van der Waals surface area (Å²) < 4.78 is 0. The van der Waals surface area contributed by atoms with Gasteiger partial charge in [-0.25, -0.2) is 4.98 Å². The molecule has 1 atom stereocenters. The first-order valence-corrected chi connectivity index (χ1v) is 7.77. The molecule has 0 aromatic carbocycles. The van der Waals surface area contributed by atoms with Crippen molar-refractivity contribution in [3.8, 4) is 0 Å². The van der Waals surface area contributed by atoms with Gasteiger partial charge in [-0.15, -0.1) is 0 Å². The molecule has 8 nitrogen and oxygen atoms in total. The molecule has 0 aliphatic carbocycles. The third-order valence-corrected chi connectivity index (χ3v) is 3.93. The van der Waals surface area contributed by atoms with Crippen LogP contribution in [0.15, 0.2) is 31.0 Å². The Balaban J connectivity index is 1.67. The summed E-state index contributed by atoms with van der Waals surface area (Å²) in [4.78, 5) is 42.0. The first-order chi connectivity index (χ1) is 11.6. The topological polar surface area (TPSA) is 101 Å². The Bertz CT molecular complexity index is 736. The monoisotopic (exact) mass is 326 g/mol. The average molecular weight is 326 g/mol.